The molecule has 0 aromatic heterocycles. The lowest BCUT2D eigenvalue weighted by atomic mass is 9.98. The minimum absolute atomic E-state index is 0.293. The predicted molar refractivity (Wildman–Crippen MR) is 75.7 cm³/mol. The molecule has 0 heterocycles. The summed E-state index contributed by atoms with van der Waals surface area (Å²) in [6.45, 7) is 3.23. The van der Waals surface area contributed by atoms with Crippen molar-refractivity contribution >= 4 is 0 Å². The molecular weight excluding hydrogens is 279 g/mol. The molecule has 21 heavy (non-hydrogen) atoms. The fourth-order valence-electron chi connectivity index (χ4n) is 2.10. The third-order valence-corrected chi connectivity index (χ3v) is 3.17. The highest BCUT2D eigenvalue weighted by molar-refractivity contribution is 5.68. The van der Waals surface area contributed by atoms with Crippen molar-refractivity contribution < 1.29 is 17.9 Å². The first-order valence-corrected chi connectivity index (χ1v) is 6.59. The van der Waals surface area contributed by atoms with Gasteiger partial charge in [-0.05, 0) is 47.5 Å². The van der Waals surface area contributed by atoms with E-state index in [-0.39, 0.29) is 0 Å². The molecule has 0 aliphatic carbocycles. The van der Waals surface area contributed by atoms with Crippen LogP contribution in [0.1, 0.15) is 12.5 Å². The van der Waals surface area contributed by atoms with E-state index < -0.39 is 17.5 Å². The van der Waals surface area contributed by atoms with E-state index in [0.29, 0.717) is 23.4 Å². The number of hydrogen-bond acceptors (Lipinski definition) is 2. The van der Waals surface area contributed by atoms with Crippen molar-refractivity contribution in [1.29, 1.82) is 0 Å². The van der Waals surface area contributed by atoms with Crippen LogP contribution in [0.3, 0.4) is 0 Å². The topological polar surface area (TPSA) is 21.3 Å². The lowest BCUT2D eigenvalue weighted by Crippen LogP contribution is -2.12. The largest absolute Gasteiger partial charge is 0.497 e. The predicted octanol–water partition coefficient (Wildman–Crippen LogP) is 3.89. The Morgan fingerprint density at radius 2 is 1.71 bits per heavy atom. The molecule has 0 aliphatic rings. The van der Waals surface area contributed by atoms with E-state index in [0.717, 1.165) is 24.2 Å². The Labute approximate surface area is 121 Å². The molecule has 0 saturated carbocycles. The van der Waals surface area contributed by atoms with Gasteiger partial charge in [0.2, 0.25) is 0 Å². The van der Waals surface area contributed by atoms with Gasteiger partial charge in [0.15, 0.2) is 17.5 Å². The van der Waals surface area contributed by atoms with E-state index in [4.69, 9.17) is 4.74 Å². The number of benzene rings is 2. The van der Waals surface area contributed by atoms with Crippen molar-refractivity contribution in [2.45, 2.75) is 13.5 Å². The number of hydrogen-bond donors (Lipinski definition) is 1. The highest BCUT2D eigenvalue weighted by Crippen LogP contribution is 2.29. The van der Waals surface area contributed by atoms with Crippen LogP contribution in [0.5, 0.6) is 5.75 Å². The van der Waals surface area contributed by atoms with Gasteiger partial charge in [0, 0.05) is 6.54 Å². The van der Waals surface area contributed by atoms with Gasteiger partial charge >= 0.3 is 0 Å². The maximum atomic E-state index is 13.4. The first-order chi connectivity index (χ1) is 10.1. The van der Waals surface area contributed by atoms with Gasteiger partial charge in [-0.2, -0.15) is 0 Å². The summed E-state index contributed by atoms with van der Waals surface area (Å²) in [5.74, 6) is -3.21. The average Bonchev–Trinajstić information content (AvgIpc) is 2.49. The summed E-state index contributed by atoms with van der Waals surface area (Å²) in [6, 6.07) is 7.18. The molecule has 5 heteroatoms. The van der Waals surface area contributed by atoms with Crippen LogP contribution in [0.25, 0.3) is 11.1 Å². The number of halogens is 3. The van der Waals surface area contributed by atoms with Crippen LogP contribution in [-0.2, 0) is 6.54 Å². The van der Waals surface area contributed by atoms with Crippen molar-refractivity contribution in [2.75, 3.05) is 13.7 Å². The summed E-state index contributed by atoms with van der Waals surface area (Å²) in [5, 5.41) is 3.15. The minimum Gasteiger partial charge on any atom is -0.497 e. The summed E-state index contributed by atoms with van der Waals surface area (Å²) in [5.41, 5.74) is 1.75. The van der Waals surface area contributed by atoms with Crippen LogP contribution in [0.2, 0.25) is 0 Å². The lowest BCUT2D eigenvalue weighted by Gasteiger charge is -2.13. The molecule has 2 aromatic rings. The van der Waals surface area contributed by atoms with Gasteiger partial charge in [0.05, 0.1) is 7.11 Å². The Balaban J connectivity index is 2.51. The Hall–Kier alpha value is -2.01. The van der Waals surface area contributed by atoms with Gasteiger partial charge in [-0.3, -0.25) is 0 Å². The Bertz CT molecular complexity index is 620. The molecule has 2 nitrogen and oxygen atoms in total. The van der Waals surface area contributed by atoms with Crippen molar-refractivity contribution in [2.24, 2.45) is 0 Å². The average molecular weight is 295 g/mol. The van der Waals surface area contributed by atoms with Crippen LogP contribution in [-0.4, -0.2) is 13.7 Å². The number of nitrogens with one attached hydrogen (secondary N) is 1. The van der Waals surface area contributed by atoms with E-state index in [2.05, 4.69) is 5.32 Å². The molecule has 0 bridgehead atoms. The third-order valence-electron chi connectivity index (χ3n) is 3.17. The van der Waals surface area contributed by atoms with Crippen molar-refractivity contribution in [3.8, 4) is 16.9 Å². The highest BCUT2D eigenvalue weighted by atomic mass is 19.2. The monoisotopic (exact) mass is 295 g/mol. The number of rotatable bonds is 5. The molecule has 0 spiro atoms. The van der Waals surface area contributed by atoms with Gasteiger partial charge in [-0.15, -0.1) is 0 Å². The zero-order valence-corrected chi connectivity index (χ0v) is 11.8. The molecule has 0 amide bonds. The number of methoxy groups -OCH3 is 1. The second-order valence-corrected chi connectivity index (χ2v) is 4.56. The molecule has 2 aromatic carbocycles. The fourth-order valence-corrected chi connectivity index (χ4v) is 2.10. The molecule has 0 unspecified atom stereocenters. The first kappa shape index (κ1) is 15.4. The first-order valence-electron chi connectivity index (χ1n) is 6.59. The van der Waals surface area contributed by atoms with Crippen molar-refractivity contribution in [3.05, 3.63) is 53.3 Å². The van der Waals surface area contributed by atoms with Gasteiger partial charge in [-0.1, -0.05) is 13.0 Å². The zero-order valence-electron chi connectivity index (χ0n) is 11.8. The Morgan fingerprint density at radius 1 is 1.05 bits per heavy atom. The molecule has 2 rings (SSSR count). The summed E-state index contributed by atoms with van der Waals surface area (Å²) in [6.07, 6.45) is 0. The summed E-state index contributed by atoms with van der Waals surface area (Å²) >= 11 is 0. The smallest absolute Gasteiger partial charge is 0.194 e. The molecule has 0 radical (unpaired) electrons. The Morgan fingerprint density at radius 3 is 2.29 bits per heavy atom. The molecule has 0 saturated heterocycles. The van der Waals surface area contributed by atoms with Crippen LogP contribution in [0.15, 0.2) is 30.3 Å². The van der Waals surface area contributed by atoms with Gasteiger partial charge in [-0.25, -0.2) is 13.2 Å². The van der Waals surface area contributed by atoms with E-state index in [1.54, 1.807) is 25.3 Å². The normalized spacial score (nSPS) is 10.7. The highest BCUT2D eigenvalue weighted by Gasteiger charge is 2.14. The van der Waals surface area contributed by atoms with Crippen molar-refractivity contribution in [1.82, 2.24) is 5.32 Å². The van der Waals surface area contributed by atoms with E-state index in [1.807, 2.05) is 6.92 Å². The van der Waals surface area contributed by atoms with E-state index >= 15 is 0 Å². The molecule has 1 N–H and O–H groups in total. The lowest BCUT2D eigenvalue weighted by molar-refractivity contribution is 0.414. The second-order valence-electron chi connectivity index (χ2n) is 4.56. The molecule has 0 aliphatic heterocycles. The minimum atomic E-state index is -1.46. The fraction of sp³-hybridized carbons (Fsp3) is 0.250. The zero-order chi connectivity index (χ0) is 15.4. The maximum absolute atomic E-state index is 13.4. The standard InChI is InChI=1S/C16H16F3NO/c1-3-20-9-11-6-12(21-2)4-5-13(11)10-7-14(17)16(19)15(18)8-10/h4-8,20H,3,9H2,1-2H3. The van der Waals surface area contributed by atoms with Gasteiger partial charge in [0.1, 0.15) is 5.75 Å². The summed E-state index contributed by atoms with van der Waals surface area (Å²) in [4.78, 5) is 0. The maximum Gasteiger partial charge on any atom is 0.194 e. The van der Waals surface area contributed by atoms with Gasteiger partial charge < -0.3 is 10.1 Å². The summed E-state index contributed by atoms with van der Waals surface area (Å²) in [7, 11) is 1.54. The second kappa shape index (κ2) is 6.63. The summed E-state index contributed by atoms with van der Waals surface area (Å²) < 4.78 is 45.0. The number of ether oxygens (including phenoxy) is 1. The van der Waals surface area contributed by atoms with E-state index in [9.17, 15) is 13.2 Å². The van der Waals surface area contributed by atoms with Crippen LogP contribution in [0.4, 0.5) is 13.2 Å². The molecular formula is C16H16F3NO. The Kier molecular flexibility index (Phi) is 4.85. The molecule has 0 fully saturated rings. The van der Waals surface area contributed by atoms with Crippen LogP contribution >= 0.6 is 0 Å². The molecule has 0 atom stereocenters. The molecule has 112 valence electrons. The quantitative estimate of drug-likeness (QED) is 0.845. The van der Waals surface area contributed by atoms with Crippen LogP contribution < -0.4 is 10.1 Å². The van der Waals surface area contributed by atoms with Crippen LogP contribution in [0, 0.1) is 17.5 Å². The third kappa shape index (κ3) is 3.36. The van der Waals surface area contributed by atoms with Crippen molar-refractivity contribution in [3.63, 3.8) is 0 Å². The van der Waals surface area contributed by atoms with Gasteiger partial charge in [0.25, 0.3) is 0 Å². The van der Waals surface area contributed by atoms with E-state index in [1.165, 1.54) is 0 Å². The SMILES string of the molecule is CCNCc1cc(OC)ccc1-c1cc(F)c(F)c(F)c1.